The van der Waals surface area contributed by atoms with E-state index in [1.165, 1.54) is 32.8 Å². The second kappa shape index (κ2) is 7.12. The molecule has 0 radical (unpaired) electrons. The Morgan fingerprint density at radius 1 is 1.33 bits per heavy atom. The first kappa shape index (κ1) is 12.8. The van der Waals surface area contributed by atoms with E-state index in [2.05, 4.69) is 4.74 Å². The number of rotatable bonds is 3. The van der Waals surface area contributed by atoms with Crippen molar-refractivity contribution in [3.05, 3.63) is 0 Å². The summed E-state index contributed by atoms with van der Waals surface area (Å²) in [5.41, 5.74) is 6.10. The van der Waals surface area contributed by atoms with Gasteiger partial charge in [0.15, 0.2) is 0 Å². The minimum atomic E-state index is -0.144. The average molecular weight is 231 g/mol. The van der Waals surface area contributed by atoms with Crippen molar-refractivity contribution in [1.82, 2.24) is 0 Å². The number of nitrogens with two attached hydrogens (primary N) is 1. The number of carbonyl (C=O) groups excluding carboxylic acids is 1. The van der Waals surface area contributed by atoms with Gasteiger partial charge in [-0.05, 0) is 12.8 Å². The lowest BCUT2D eigenvalue weighted by atomic mass is 9.97. The van der Waals surface area contributed by atoms with Gasteiger partial charge < -0.3 is 10.5 Å². The van der Waals surface area contributed by atoms with Crippen LogP contribution in [0.1, 0.15) is 38.5 Å². The van der Waals surface area contributed by atoms with Crippen LogP contribution in [0.15, 0.2) is 0 Å². The smallest absolute Gasteiger partial charge is 0.315 e. The summed E-state index contributed by atoms with van der Waals surface area (Å²) in [6.45, 7) is 0. The van der Waals surface area contributed by atoms with Crippen molar-refractivity contribution in [2.24, 2.45) is 5.73 Å². The third-order valence-corrected chi connectivity index (χ3v) is 4.31. The molecule has 88 valence electrons. The maximum Gasteiger partial charge on any atom is 0.315 e. The maximum atomic E-state index is 11.0. The topological polar surface area (TPSA) is 52.3 Å². The van der Waals surface area contributed by atoms with Gasteiger partial charge in [-0.1, -0.05) is 25.7 Å². The molecule has 2 N–H and O–H groups in total. The van der Waals surface area contributed by atoms with Gasteiger partial charge in [-0.15, -0.1) is 11.8 Å². The second-order valence-electron chi connectivity index (χ2n) is 4.08. The first-order chi connectivity index (χ1) is 7.24. The number of hydrogen-bond donors (Lipinski definition) is 1. The van der Waals surface area contributed by atoms with Crippen LogP contribution in [0, 0.1) is 0 Å². The molecule has 15 heavy (non-hydrogen) atoms. The van der Waals surface area contributed by atoms with E-state index in [9.17, 15) is 4.79 Å². The lowest BCUT2D eigenvalue weighted by Gasteiger charge is -2.25. The minimum Gasteiger partial charge on any atom is -0.468 e. The maximum absolute atomic E-state index is 11.0. The Hall–Kier alpha value is -0.220. The Labute approximate surface area is 96.1 Å². The molecular weight excluding hydrogens is 210 g/mol. The molecule has 1 aliphatic carbocycles. The van der Waals surface area contributed by atoms with Gasteiger partial charge in [0, 0.05) is 11.3 Å². The first-order valence-electron chi connectivity index (χ1n) is 5.68. The molecule has 3 nitrogen and oxygen atoms in total. The van der Waals surface area contributed by atoms with Crippen LogP contribution in [0.2, 0.25) is 0 Å². The van der Waals surface area contributed by atoms with Gasteiger partial charge in [-0.2, -0.15) is 0 Å². The SMILES string of the molecule is COC(=O)CSC1CCCCCCC1N. The summed E-state index contributed by atoms with van der Waals surface area (Å²) < 4.78 is 4.63. The molecule has 4 heteroatoms. The molecule has 2 unspecified atom stereocenters. The van der Waals surface area contributed by atoms with Crippen LogP contribution in [0.25, 0.3) is 0 Å². The van der Waals surface area contributed by atoms with Crippen LogP contribution >= 0.6 is 11.8 Å². The van der Waals surface area contributed by atoms with Crippen molar-refractivity contribution in [3.8, 4) is 0 Å². The van der Waals surface area contributed by atoms with Crippen LogP contribution in [-0.2, 0) is 9.53 Å². The highest BCUT2D eigenvalue weighted by Crippen LogP contribution is 2.26. The number of ether oxygens (including phenoxy) is 1. The molecule has 0 aliphatic heterocycles. The fourth-order valence-corrected chi connectivity index (χ4v) is 3.10. The second-order valence-corrected chi connectivity index (χ2v) is 5.31. The Kier molecular flexibility index (Phi) is 6.10. The fourth-order valence-electron chi connectivity index (χ4n) is 1.92. The zero-order chi connectivity index (χ0) is 11.1. The molecule has 1 fully saturated rings. The van der Waals surface area contributed by atoms with Crippen LogP contribution in [0.3, 0.4) is 0 Å². The average Bonchev–Trinajstić information content (AvgIpc) is 2.22. The van der Waals surface area contributed by atoms with E-state index >= 15 is 0 Å². The van der Waals surface area contributed by atoms with E-state index in [-0.39, 0.29) is 12.0 Å². The minimum absolute atomic E-state index is 0.144. The molecule has 1 saturated carbocycles. The third-order valence-electron chi connectivity index (χ3n) is 2.90. The van der Waals surface area contributed by atoms with Gasteiger partial charge in [-0.25, -0.2) is 0 Å². The van der Waals surface area contributed by atoms with Gasteiger partial charge in [0.2, 0.25) is 0 Å². The standard InChI is InChI=1S/C11H21NO2S/c1-14-11(13)8-15-10-7-5-3-2-4-6-9(10)12/h9-10H,2-8,12H2,1H3. The van der Waals surface area contributed by atoms with Gasteiger partial charge in [0.1, 0.15) is 0 Å². The normalized spacial score (nSPS) is 27.9. The number of methoxy groups -OCH3 is 1. The summed E-state index contributed by atoms with van der Waals surface area (Å²) in [6.07, 6.45) is 7.33. The summed E-state index contributed by atoms with van der Waals surface area (Å²) in [4.78, 5) is 11.0. The lowest BCUT2D eigenvalue weighted by molar-refractivity contribution is -0.137. The Morgan fingerprint density at radius 3 is 2.67 bits per heavy atom. The highest BCUT2D eigenvalue weighted by atomic mass is 32.2. The predicted molar refractivity (Wildman–Crippen MR) is 63.9 cm³/mol. The lowest BCUT2D eigenvalue weighted by Crippen LogP contribution is -2.34. The van der Waals surface area contributed by atoms with Crippen molar-refractivity contribution in [1.29, 1.82) is 0 Å². The molecule has 1 rings (SSSR count). The molecule has 0 bridgehead atoms. The van der Waals surface area contributed by atoms with Crippen molar-refractivity contribution in [2.75, 3.05) is 12.9 Å². The van der Waals surface area contributed by atoms with E-state index < -0.39 is 0 Å². The highest BCUT2D eigenvalue weighted by molar-refractivity contribution is 8.00. The Balaban J connectivity index is 2.31. The molecular formula is C11H21NO2S. The van der Waals surface area contributed by atoms with E-state index in [1.807, 2.05) is 0 Å². The number of thioether (sulfide) groups is 1. The highest BCUT2D eigenvalue weighted by Gasteiger charge is 2.20. The molecule has 0 heterocycles. The summed E-state index contributed by atoms with van der Waals surface area (Å²) in [7, 11) is 1.43. The van der Waals surface area contributed by atoms with Crippen LogP contribution < -0.4 is 5.73 Å². The predicted octanol–water partition coefficient (Wildman–Crippen LogP) is 1.94. The zero-order valence-corrected chi connectivity index (χ0v) is 10.2. The van der Waals surface area contributed by atoms with Crippen molar-refractivity contribution >= 4 is 17.7 Å². The fraction of sp³-hybridized carbons (Fsp3) is 0.909. The van der Waals surface area contributed by atoms with E-state index in [4.69, 9.17) is 5.73 Å². The van der Waals surface area contributed by atoms with Crippen molar-refractivity contribution < 1.29 is 9.53 Å². The zero-order valence-electron chi connectivity index (χ0n) is 9.41. The molecule has 0 amide bonds. The summed E-state index contributed by atoms with van der Waals surface area (Å²) in [5, 5.41) is 0.435. The molecule has 0 spiro atoms. The van der Waals surface area contributed by atoms with Gasteiger partial charge in [0.05, 0.1) is 12.9 Å². The van der Waals surface area contributed by atoms with Gasteiger partial charge >= 0.3 is 5.97 Å². The van der Waals surface area contributed by atoms with Gasteiger partial charge in [0.25, 0.3) is 0 Å². The molecule has 0 aromatic carbocycles. The summed E-state index contributed by atoms with van der Waals surface area (Å²) in [5.74, 6) is 0.295. The summed E-state index contributed by atoms with van der Waals surface area (Å²) >= 11 is 1.66. The van der Waals surface area contributed by atoms with Crippen LogP contribution in [0.4, 0.5) is 0 Å². The quantitative estimate of drug-likeness (QED) is 0.754. The first-order valence-corrected chi connectivity index (χ1v) is 6.73. The largest absolute Gasteiger partial charge is 0.468 e. The molecule has 0 aromatic heterocycles. The van der Waals surface area contributed by atoms with E-state index in [0.29, 0.717) is 11.0 Å². The van der Waals surface area contributed by atoms with Crippen LogP contribution in [0.5, 0.6) is 0 Å². The molecule has 2 atom stereocenters. The Bertz CT molecular complexity index is 199. The number of hydrogen-bond acceptors (Lipinski definition) is 4. The number of esters is 1. The molecule has 1 aliphatic rings. The number of carbonyl (C=O) groups is 1. The third kappa shape index (κ3) is 4.89. The van der Waals surface area contributed by atoms with E-state index in [0.717, 1.165) is 12.8 Å². The van der Waals surface area contributed by atoms with Crippen molar-refractivity contribution in [3.63, 3.8) is 0 Å². The molecule has 0 aromatic rings. The summed E-state index contributed by atoms with van der Waals surface area (Å²) in [6, 6.07) is 0.250. The van der Waals surface area contributed by atoms with Gasteiger partial charge in [-0.3, -0.25) is 4.79 Å². The Morgan fingerprint density at radius 2 is 2.00 bits per heavy atom. The van der Waals surface area contributed by atoms with Crippen molar-refractivity contribution in [2.45, 2.75) is 49.8 Å². The molecule has 0 saturated heterocycles. The van der Waals surface area contributed by atoms with Crippen LogP contribution in [-0.4, -0.2) is 30.1 Å². The monoisotopic (exact) mass is 231 g/mol. The van der Waals surface area contributed by atoms with E-state index in [1.54, 1.807) is 11.8 Å².